The number of hydrogen-bond acceptors (Lipinski definition) is 2. The van der Waals surface area contributed by atoms with E-state index in [1.807, 2.05) is 22.9 Å². The molecule has 1 atom stereocenters. The average molecular weight is 453 g/mol. The zero-order valence-corrected chi connectivity index (χ0v) is 17.2. The zero-order chi connectivity index (χ0) is 18.0. The van der Waals surface area contributed by atoms with Crippen molar-refractivity contribution in [3.63, 3.8) is 0 Å². The van der Waals surface area contributed by atoms with Gasteiger partial charge in [-0.05, 0) is 29.8 Å². The van der Waals surface area contributed by atoms with Crippen molar-refractivity contribution < 1.29 is 0 Å². The van der Waals surface area contributed by atoms with Crippen LogP contribution in [0, 0.1) is 0 Å². The fourth-order valence-corrected chi connectivity index (χ4v) is 4.54. The molecule has 0 amide bonds. The molecule has 2 aromatic carbocycles. The van der Waals surface area contributed by atoms with Crippen LogP contribution < -0.4 is 0 Å². The Bertz CT molecular complexity index is 860. The van der Waals surface area contributed by atoms with Gasteiger partial charge in [0, 0.05) is 23.8 Å². The van der Waals surface area contributed by atoms with Crippen LogP contribution in [0.2, 0.25) is 25.1 Å². The number of thioether (sulfide) groups is 1. The quantitative estimate of drug-likeness (QED) is 0.292. The first kappa shape index (κ1) is 19.2. The molecular weight excluding hydrogens is 442 g/mol. The van der Waals surface area contributed by atoms with E-state index >= 15 is 0 Å². The average Bonchev–Trinajstić information content (AvgIpc) is 3.07. The second kappa shape index (κ2) is 8.43. The summed E-state index contributed by atoms with van der Waals surface area (Å²) in [6, 6.07) is 9.24. The normalized spacial score (nSPS) is 12.4. The van der Waals surface area contributed by atoms with Crippen molar-refractivity contribution in [2.75, 3.05) is 0 Å². The third-order valence-electron chi connectivity index (χ3n) is 3.49. The molecular formula is C17H11Cl5N2S. The molecule has 2 nitrogen and oxygen atoms in total. The Morgan fingerprint density at radius 2 is 1.64 bits per heavy atom. The van der Waals surface area contributed by atoms with Crippen molar-refractivity contribution in [2.45, 2.75) is 16.7 Å². The molecule has 0 saturated carbocycles. The highest BCUT2D eigenvalue weighted by Gasteiger charge is 2.17. The maximum absolute atomic E-state index is 6.19. The summed E-state index contributed by atoms with van der Waals surface area (Å²) in [5, 5.41) is 2.29. The van der Waals surface area contributed by atoms with Crippen LogP contribution >= 0.6 is 69.8 Å². The van der Waals surface area contributed by atoms with Crippen molar-refractivity contribution >= 4 is 69.8 Å². The first-order valence-electron chi connectivity index (χ1n) is 7.16. The van der Waals surface area contributed by atoms with Crippen LogP contribution in [0.25, 0.3) is 0 Å². The Hall–Kier alpha value is -0.550. The Morgan fingerprint density at radius 3 is 2.24 bits per heavy atom. The Balaban J connectivity index is 1.94. The lowest BCUT2D eigenvalue weighted by Gasteiger charge is -2.19. The minimum absolute atomic E-state index is 0.0530. The van der Waals surface area contributed by atoms with Gasteiger partial charge in [0.1, 0.15) is 0 Å². The van der Waals surface area contributed by atoms with E-state index in [9.17, 15) is 0 Å². The molecule has 3 rings (SSSR count). The van der Waals surface area contributed by atoms with Crippen LogP contribution in [-0.2, 0) is 6.54 Å². The summed E-state index contributed by atoms with van der Waals surface area (Å²) in [6.07, 6.45) is 5.42. The molecule has 0 fully saturated rings. The molecule has 0 aliphatic heterocycles. The highest BCUT2D eigenvalue weighted by molar-refractivity contribution is 7.99. The van der Waals surface area contributed by atoms with Crippen molar-refractivity contribution in [3.05, 3.63) is 79.7 Å². The number of rotatable bonds is 5. The monoisotopic (exact) mass is 450 g/mol. The van der Waals surface area contributed by atoms with E-state index in [2.05, 4.69) is 4.98 Å². The van der Waals surface area contributed by atoms with E-state index in [1.54, 1.807) is 42.5 Å². The van der Waals surface area contributed by atoms with Crippen LogP contribution in [0.1, 0.15) is 10.8 Å². The number of hydrogen-bond donors (Lipinski definition) is 0. The summed E-state index contributed by atoms with van der Waals surface area (Å²) in [7, 11) is 0. The van der Waals surface area contributed by atoms with E-state index < -0.39 is 0 Å². The fraction of sp³-hybridized carbons (Fsp3) is 0.118. The van der Waals surface area contributed by atoms with Crippen LogP contribution in [0.3, 0.4) is 0 Å². The molecule has 0 N–H and O–H groups in total. The molecule has 1 heterocycles. The van der Waals surface area contributed by atoms with Crippen molar-refractivity contribution in [2.24, 2.45) is 0 Å². The molecule has 3 aromatic rings. The Morgan fingerprint density at radius 1 is 0.920 bits per heavy atom. The van der Waals surface area contributed by atoms with Gasteiger partial charge in [0.05, 0.1) is 36.7 Å². The van der Waals surface area contributed by atoms with E-state index in [1.165, 1.54) is 0 Å². The first-order valence-corrected chi connectivity index (χ1v) is 9.93. The van der Waals surface area contributed by atoms with Gasteiger partial charge in [0.15, 0.2) is 0 Å². The summed E-state index contributed by atoms with van der Waals surface area (Å²) >= 11 is 32.2. The van der Waals surface area contributed by atoms with Gasteiger partial charge >= 0.3 is 0 Å². The number of aromatic nitrogens is 2. The third kappa shape index (κ3) is 4.79. The topological polar surface area (TPSA) is 17.8 Å². The molecule has 0 bridgehead atoms. The minimum atomic E-state index is 0.0530. The molecule has 25 heavy (non-hydrogen) atoms. The lowest BCUT2D eigenvalue weighted by atomic mass is 10.1. The maximum Gasteiger partial charge on any atom is 0.0946 e. The third-order valence-corrected chi connectivity index (χ3v) is 6.64. The van der Waals surface area contributed by atoms with Gasteiger partial charge in [-0.1, -0.05) is 64.1 Å². The lowest BCUT2D eigenvalue weighted by molar-refractivity contribution is 0.683. The molecule has 1 aromatic heterocycles. The summed E-state index contributed by atoms with van der Waals surface area (Å²) in [4.78, 5) is 5.01. The smallest absolute Gasteiger partial charge is 0.0946 e. The number of halogens is 5. The standard InChI is InChI=1S/C17H11Cl5N2S/c18-12-2-1-10(5-13(12)19)16(8-24-4-3-23-9-24)25-11-6-14(20)17(22)15(21)7-11/h1-7,9,16H,8H2. The molecule has 0 radical (unpaired) electrons. The highest BCUT2D eigenvalue weighted by atomic mass is 35.5. The SMILES string of the molecule is Clc1ccc(C(Cn2ccnc2)Sc2cc(Cl)c(Cl)c(Cl)c2)cc1Cl. The predicted molar refractivity (Wildman–Crippen MR) is 109 cm³/mol. The summed E-state index contributed by atoms with van der Waals surface area (Å²) in [6.45, 7) is 0.695. The summed E-state index contributed by atoms with van der Waals surface area (Å²) < 4.78 is 2.00. The zero-order valence-electron chi connectivity index (χ0n) is 12.6. The minimum Gasteiger partial charge on any atom is -0.336 e. The first-order chi connectivity index (χ1) is 11.9. The molecule has 0 saturated heterocycles. The van der Waals surface area contributed by atoms with Gasteiger partial charge in [-0.15, -0.1) is 11.8 Å². The lowest BCUT2D eigenvalue weighted by Crippen LogP contribution is -2.05. The maximum atomic E-state index is 6.19. The highest BCUT2D eigenvalue weighted by Crippen LogP contribution is 2.42. The molecule has 0 spiro atoms. The largest absolute Gasteiger partial charge is 0.336 e. The summed E-state index contributed by atoms with van der Waals surface area (Å²) in [5.41, 5.74) is 1.04. The Labute approximate surface area is 175 Å². The van der Waals surface area contributed by atoms with Crippen molar-refractivity contribution in [3.8, 4) is 0 Å². The van der Waals surface area contributed by atoms with E-state index in [-0.39, 0.29) is 5.25 Å². The van der Waals surface area contributed by atoms with Gasteiger partial charge in [0.25, 0.3) is 0 Å². The predicted octanol–water partition coefficient (Wildman–Crippen LogP) is 7.68. The van der Waals surface area contributed by atoms with Gasteiger partial charge in [-0.25, -0.2) is 4.98 Å². The van der Waals surface area contributed by atoms with Crippen LogP contribution in [0.5, 0.6) is 0 Å². The number of nitrogens with zero attached hydrogens (tertiary/aromatic N) is 2. The second-order valence-electron chi connectivity index (χ2n) is 5.24. The van der Waals surface area contributed by atoms with Gasteiger partial charge in [-0.3, -0.25) is 0 Å². The molecule has 8 heteroatoms. The van der Waals surface area contributed by atoms with E-state index in [4.69, 9.17) is 58.0 Å². The number of imidazole rings is 1. The number of benzene rings is 2. The fourth-order valence-electron chi connectivity index (χ4n) is 2.27. The van der Waals surface area contributed by atoms with Crippen LogP contribution in [-0.4, -0.2) is 9.55 Å². The second-order valence-corrected chi connectivity index (χ2v) is 8.52. The van der Waals surface area contributed by atoms with Crippen LogP contribution in [0.4, 0.5) is 0 Å². The van der Waals surface area contributed by atoms with Gasteiger partial charge in [0.2, 0.25) is 0 Å². The molecule has 0 aliphatic rings. The van der Waals surface area contributed by atoms with Gasteiger partial charge < -0.3 is 4.57 Å². The summed E-state index contributed by atoms with van der Waals surface area (Å²) in [5.74, 6) is 0. The van der Waals surface area contributed by atoms with Gasteiger partial charge in [-0.2, -0.15) is 0 Å². The van der Waals surface area contributed by atoms with Crippen LogP contribution in [0.15, 0.2) is 53.9 Å². The molecule has 1 unspecified atom stereocenters. The Kier molecular flexibility index (Phi) is 6.48. The molecule has 0 aliphatic carbocycles. The van der Waals surface area contributed by atoms with E-state index in [0.29, 0.717) is 31.7 Å². The van der Waals surface area contributed by atoms with E-state index in [0.717, 1.165) is 10.5 Å². The van der Waals surface area contributed by atoms with Crippen molar-refractivity contribution in [1.29, 1.82) is 0 Å². The van der Waals surface area contributed by atoms with Crippen molar-refractivity contribution in [1.82, 2.24) is 9.55 Å². The molecule has 130 valence electrons.